The van der Waals surface area contributed by atoms with Crippen molar-refractivity contribution in [3.8, 4) is 0 Å². The van der Waals surface area contributed by atoms with Gasteiger partial charge in [-0.2, -0.15) is 15.2 Å². The maximum atomic E-state index is 4.74. The number of para-hydroxylation sites is 1. The summed E-state index contributed by atoms with van der Waals surface area (Å²) in [5, 5.41) is 16.4. The van der Waals surface area contributed by atoms with Crippen LogP contribution in [-0.2, 0) is 13.1 Å². The molecule has 0 amide bonds. The molecule has 0 saturated carbocycles. The average Bonchev–Trinajstić information content (AvgIpc) is 3.51. The number of anilines is 2. The summed E-state index contributed by atoms with van der Waals surface area (Å²) in [5.74, 6) is 1.27. The van der Waals surface area contributed by atoms with Gasteiger partial charge in [-0.3, -0.25) is 0 Å². The smallest absolute Gasteiger partial charge is 0.225 e. The molecule has 0 radical (unpaired) electrons. The van der Waals surface area contributed by atoms with Gasteiger partial charge in [0.2, 0.25) is 5.95 Å². The molecule has 10 heteroatoms. The highest BCUT2D eigenvalue weighted by Crippen LogP contribution is 2.23. The Kier molecular flexibility index (Phi) is 4.31. The summed E-state index contributed by atoms with van der Waals surface area (Å²) < 4.78 is 3.61. The highest BCUT2D eigenvalue weighted by molar-refractivity contribution is 5.90. The number of benzene rings is 1. The van der Waals surface area contributed by atoms with Crippen molar-refractivity contribution in [3.63, 3.8) is 0 Å². The molecular formula is C22H18N10. The summed E-state index contributed by atoms with van der Waals surface area (Å²) in [6.07, 6.45) is 7.02. The van der Waals surface area contributed by atoms with Crippen LogP contribution < -0.4 is 10.6 Å². The quantitative estimate of drug-likeness (QED) is 0.422. The van der Waals surface area contributed by atoms with Gasteiger partial charge in [-0.25, -0.2) is 24.0 Å². The molecule has 0 bridgehead atoms. The van der Waals surface area contributed by atoms with Crippen LogP contribution >= 0.6 is 0 Å². The first-order valence-corrected chi connectivity index (χ1v) is 10.1. The van der Waals surface area contributed by atoms with Crippen molar-refractivity contribution in [2.24, 2.45) is 0 Å². The molecule has 0 aliphatic heterocycles. The molecule has 0 aliphatic carbocycles. The number of fused-ring (bicyclic) bond motifs is 3. The first kappa shape index (κ1) is 18.2. The zero-order chi connectivity index (χ0) is 21.3. The van der Waals surface area contributed by atoms with E-state index < -0.39 is 0 Å². The highest BCUT2D eigenvalue weighted by Gasteiger charge is 2.10. The van der Waals surface area contributed by atoms with Gasteiger partial charge in [-0.1, -0.05) is 12.1 Å². The van der Waals surface area contributed by atoms with Crippen LogP contribution in [-0.4, -0.2) is 39.2 Å². The fraction of sp³-hybridized carbons (Fsp3) is 0.0909. The molecule has 6 aromatic rings. The molecule has 0 fully saturated rings. The van der Waals surface area contributed by atoms with Gasteiger partial charge in [0, 0.05) is 29.9 Å². The van der Waals surface area contributed by atoms with Gasteiger partial charge in [-0.15, -0.1) is 0 Å². The first-order valence-electron chi connectivity index (χ1n) is 10.1. The number of hydrogen-bond donors (Lipinski definition) is 2. The van der Waals surface area contributed by atoms with Crippen molar-refractivity contribution >= 4 is 34.0 Å². The van der Waals surface area contributed by atoms with E-state index in [9.17, 15) is 0 Å². The molecule has 0 atom stereocenters. The van der Waals surface area contributed by atoms with Gasteiger partial charge in [-0.05, 0) is 24.3 Å². The Labute approximate surface area is 182 Å². The Morgan fingerprint density at radius 2 is 1.31 bits per heavy atom. The summed E-state index contributed by atoms with van der Waals surface area (Å²) in [6, 6.07) is 15.5. The number of rotatable bonds is 6. The lowest BCUT2D eigenvalue weighted by atomic mass is 10.2. The second-order valence-corrected chi connectivity index (χ2v) is 7.19. The van der Waals surface area contributed by atoms with Crippen LogP contribution in [0.4, 0.5) is 11.8 Å². The zero-order valence-electron chi connectivity index (χ0n) is 16.9. The fourth-order valence-corrected chi connectivity index (χ4v) is 3.67. The largest absolute Gasteiger partial charge is 0.364 e. The number of hydrogen-bond acceptors (Lipinski definition) is 8. The van der Waals surface area contributed by atoms with Crippen LogP contribution in [0.2, 0.25) is 0 Å². The Morgan fingerprint density at radius 1 is 0.656 bits per heavy atom. The third-order valence-corrected chi connectivity index (χ3v) is 5.20. The van der Waals surface area contributed by atoms with E-state index >= 15 is 0 Å². The van der Waals surface area contributed by atoms with E-state index in [0.29, 0.717) is 19.0 Å². The maximum absolute atomic E-state index is 4.74. The minimum Gasteiger partial charge on any atom is -0.364 e. The monoisotopic (exact) mass is 422 g/mol. The minimum absolute atomic E-state index is 0.511. The summed E-state index contributed by atoms with van der Waals surface area (Å²) in [7, 11) is 0. The lowest BCUT2D eigenvalue weighted by Crippen LogP contribution is -2.11. The van der Waals surface area contributed by atoms with Gasteiger partial charge in [0.15, 0.2) is 11.3 Å². The fourth-order valence-electron chi connectivity index (χ4n) is 3.67. The van der Waals surface area contributed by atoms with E-state index in [0.717, 1.165) is 39.4 Å². The van der Waals surface area contributed by atoms with Crippen LogP contribution in [0.5, 0.6) is 0 Å². The Hall–Kier alpha value is -4.60. The van der Waals surface area contributed by atoms with Crippen molar-refractivity contribution in [3.05, 3.63) is 84.7 Å². The summed E-state index contributed by atoms with van der Waals surface area (Å²) in [6.45, 7) is 1.05. The lowest BCUT2D eigenvalue weighted by Gasteiger charge is -2.13. The minimum atomic E-state index is 0.511. The molecule has 5 heterocycles. The van der Waals surface area contributed by atoms with Gasteiger partial charge >= 0.3 is 0 Å². The molecule has 32 heavy (non-hydrogen) atoms. The molecule has 156 valence electrons. The lowest BCUT2D eigenvalue weighted by molar-refractivity contribution is 0.846. The van der Waals surface area contributed by atoms with E-state index in [4.69, 9.17) is 4.98 Å². The van der Waals surface area contributed by atoms with E-state index in [1.165, 1.54) is 0 Å². The molecule has 10 nitrogen and oxygen atoms in total. The van der Waals surface area contributed by atoms with Gasteiger partial charge < -0.3 is 10.6 Å². The van der Waals surface area contributed by atoms with E-state index in [1.54, 1.807) is 29.3 Å². The predicted molar refractivity (Wildman–Crippen MR) is 120 cm³/mol. The number of aromatic nitrogens is 8. The second kappa shape index (κ2) is 7.58. The van der Waals surface area contributed by atoms with E-state index in [1.807, 2.05) is 53.0 Å². The molecular weight excluding hydrogens is 404 g/mol. The van der Waals surface area contributed by atoms with Crippen molar-refractivity contribution < 1.29 is 0 Å². The normalized spacial score (nSPS) is 11.4. The molecule has 0 unspecified atom stereocenters. The maximum Gasteiger partial charge on any atom is 0.225 e. The van der Waals surface area contributed by atoms with Crippen molar-refractivity contribution in [1.82, 2.24) is 39.2 Å². The molecule has 0 aliphatic rings. The first-order chi connectivity index (χ1) is 15.8. The predicted octanol–water partition coefficient (Wildman–Crippen LogP) is 2.94. The van der Waals surface area contributed by atoms with Crippen LogP contribution in [0.15, 0.2) is 73.3 Å². The Morgan fingerprint density at radius 3 is 2.03 bits per heavy atom. The van der Waals surface area contributed by atoms with Crippen LogP contribution in [0.3, 0.4) is 0 Å². The Balaban J connectivity index is 1.30. The average molecular weight is 422 g/mol. The third-order valence-electron chi connectivity index (χ3n) is 5.20. The van der Waals surface area contributed by atoms with Gasteiger partial charge in [0.05, 0.1) is 42.4 Å². The molecule has 5 aromatic heterocycles. The molecule has 0 saturated heterocycles. The van der Waals surface area contributed by atoms with Crippen LogP contribution in [0.1, 0.15) is 11.4 Å². The topological polar surface area (TPSA) is 110 Å². The Bertz CT molecular complexity index is 1550. The van der Waals surface area contributed by atoms with E-state index in [-0.39, 0.29) is 0 Å². The second-order valence-electron chi connectivity index (χ2n) is 7.19. The summed E-state index contributed by atoms with van der Waals surface area (Å²) >= 11 is 0. The summed E-state index contributed by atoms with van der Waals surface area (Å²) in [5.41, 5.74) is 4.40. The van der Waals surface area contributed by atoms with Crippen molar-refractivity contribution in [2.75, 3.05) is 10.6 Å². The highest BCUT2D eigenvalue weighted by atomic mass is 15.3. The third kappa shape index (κ3) is 3.23. The van der Waals surface area contributed by atoms with Crippen LogP contribution in [0.25, 0.3) is 22.2 Å². The SMILES string of the molecule is c1ccc2c(NCc3ccnc4ccnn34)nc(NCc3ccnc4ccnn34)nc2c1. The standard InChI is InChI=1S/C22H18N10/c1-2-4-18-17(3-1)21(25-13-15-5-9-23-19-7-11-27-31(15)19)30-22(29-18)26-14-16-6-10-24-20-8-12-28-32(16)20/h1-12H,13-14H2,(H2,25,26,29,30). The summed E-state index contributed by atoms with van der Waals surface area (Å²) in [4.78, 5) is 18.0. The van der Waals surface area contributed by atoms with Gasteiger partial charge in [0.1, 0.15) is 5.82 Å². The molecule has 0 spiro atoms. The van der Waals surface area contributed by atoms with Gasteiger partial charge in [0.25, 0.3) is 0 Å². The van der Waals surface area contributed by atoms with Crippen molar-refractivity contribution in [2.45, 2.75) is 13.1 Å². The van der Waals surface area contributed by atoms with Crippen LogP contribution in [0, 0.1) is 0 Å². The number of nitrogens with zero attached hydrogens (tertiary/aromatic N) is 8. The molecule has 6 rings (SSSR count). The molecule has 1 aromatic carbocycles. The zero-order valence-corrected chi connectivity index (χ0v) is 16.9. The number of nitrogens with one attached hydrogen (secondary N) is 2. The molecule has 2 N–H and O–H groups in total. The van der Waals surface area contributed by atoms with Crippen molar-refractivity contribution in [1.29, 1.82) is 0 Å². The van der Waals surface area contributed by atoms with E-state index in [2.05, 4.69) is 35.8 Å².